The largest absolute Gasteiger partial charge is 0.359 e. The van der Waals surface area contributed by atoms with E-state index in [1.54, 1.807) is 11.3 Å². The van der Waals surface area contributed by atoms with Crippen LogP contribution < -0.4 is 10.6 Å². The molecule has 124 valence electrons. The van der Waals surface area contributed by atoms with Gasteiger partial charge in [-0.25, -0.2) is 5.01 Å². The number of thioether (sulfide) groups is 1. The molecule has 0 aliphatic carbocycles. The summed E-state index contributed by atoms with van der Waals surface area (Å²) in [5, 5.41) is 13.7. The average Bonchev–Trinajstić information content (AvgIpc) is 3.00. The fourth-order valence-electron chi connectivity index (χ4n) is 2.93. The summed E-state index contributed by atoms with van der Waals surface area (Å²) in [4.78, 5) is 13.9. The lowest BCUT2D eigenvalue weighted by Crippen LogP contribution is -2.50. The van der Waals surface area contributed by atoms with E-state index in [0.717, 1.165) is 25.7 Å². The minimum absolute atomic E-state index is 0.0319. The Kier molecular flexibility index (Phi) is 4.28. The summed E-state index contributed by atoms with van der Waals surface area (Å²) in [7, 11) is 0. The molecule has 4 rings (SSSR count). The van der Waals surface area contributed by atoms with Crippen LogP contribution >= 0.6 is 39.0 Å². The molecule has 2 aliphatic heterocycles. The Hall–Kier alpha value is -1.51. The van der Waals surface area contributed by atoms with Gasteiger partial charge in [0.05, 0.1) is 3.79 Å². The van der Waals surface area contributed by atoms with Gasteiger partial charge in [-0.1, -0.05) is 36.9 Å². The number of rotatable bonds is 2. The van der Waals surface area contributed by atoms with Crippen LogP contribution in [0.4, 0.5) is 5.69 Å². The van der Waals surface area contributed by atoms with Crippen molar-refractivity contribution < 1.29 is 4.79 Å². The first kappa shape index (κ1) is 16.0. The number of halogens is 1. The molecule has 0 saturated heterocycles. The van der Waals surface area contributed by atoms with Crippen LogP contribution in [0.15, 0.2) is 45.3 Å². The van der Waals surface area contributed by atoms with Crippen molar-refractivity contribution in [3.63, 3.8) is 0 Å². The summed E-state index contributed by atoms with van der Waals surface area (Å²) in [5.41, 5.74) is 1.93. The Balaban J connectivity index is 1.83. The molecule has 3 heterocycles. The number of amides is 1. The molecular weight excluding hydrogens is 408 g/mol. The van der Waals surface area contributed by atoms with Crippen molar-refractivity contribution in [1.29, 1.82) is 0 Å². The van der Waals surface area contributed by atoms with Crippen molar-refractivity contribution in [1.82, 2.24) is 10.3 Å². The van der Waals surface area contributed by atoms with E-state index in [-0.39, 0.29) is 12.1 Å². The number of thiophene rings is 1. The van der Waals surface area contributed by atoms with Gasteiger partial charge in [-0.15, -0.1) is 16.4 Å². The molecule has 2 unspecified atom stereocenters. The molecule has 0 radical (unpaired) electrons. The number of carbonyl (C=O) groups is 1. The number of fused-ring (bicyclic) bond motifs is 3. The van der Waals surface area contributed by atoms with Gasteiger partial charge in [-0.3, -0.25) is 4.79 Å². The Morgan fingerprint density at radius 3 is 2.92 bits per heavy atom. The number of hydrogen-bond donors (Lipinski definition) is 2. The highest BCUT2D eigenvalue weighted by molar-refractivity contribution is 9.11. The Morgan fingerprint density at radius 2 is 2.17 bits per heavy atom. The van der Waals surface area contributed by atoms with Gasteiger partial charge in [0, 0.05) is 16.1 Å². The van der Waals surface area contributed by atoms with Gasteiger partial charge in [0.1, 0.15) is 0 Å². The van der Waals surface area contributed by atoms with Crippen LogP contribution in [0.2, 0.25) is 0 Å². The van der Waals surface area contributed by atoms with E-state index >= 15 is 0 Å². The maximum Gasteiger partial charge on any atom is 0.255 e. The minimum atomic E-state index is -0.422. The number of carbonyl (C=O) groups excluding carboxylic acids is 1. The quantitative estimate of drug-likeness (QED) is 0.763. The molecule has 0 fully saturated rings. The second-order valence-corrected chi connectivity index (χ2v) is 9.13. The van der Waals surface area contributed by atoms with E-state index in [1.807, 2.05) is 42.3 Å². The molecule has 1 aromatic heterocycles. The zero-order chi connectivity index (χ0) is 16.7. The van der Waals surface area contributed by atoms with Gasteiger partial charge >= 0.3 is 0 Å². The zero-order valence-electron chi connectivity index (χ0n) is 12.8. The highest BCUT2D eigenvalue weighted by Gasteiger charge is 2.42. The lowest BCUT2D eigenvalue weighted by Gasteiger charge is -2.43. The van der Waals surface area contributed by atoms with Crippen LogP contribution in [-0.2, 0) is 4.79 Å². The van der Waals surface area contributed by atoms with Gasteiger partial charge in [0.15, 0.2) is 17.4 Å². The van der Waals surface area contributed by atoms with Crippen molar-refractivity contribution in [3.8, 4) is 0 Å². The van der Waals surface area contributed by atoms with E-state index in [2.05, 4.69) is 32.6 Å². The predicted molar refractivity (Wildman–Crippen MR) is 103 cm³/mol. The number of hydrazone groups is 1. The fraction of sp³-hybridized carbons (Fsp3) is 0.250. The number of para-hydroxylation sites is 1. The molecule has 0 saturated carbocycles. The monoisotopic (exact) mass is 422 g/mol. The van der Waals surface area contributed by atoms with Crippen molar-refractivity contribution in [3.05, 3.63) is 50.6 Å². The van der Waals surface area contributed by atoms with E-state index in [4.69, 9.17) is 5.10 Å². The second kappa shape index (κ2) is 6.42. The van der Waals surface area contributed by atoms with Crippen LogP contribution in [0.1, 0.15) is 29.6 Å². The van der Waals surface area contributed by atoms with Crippen LogP contribution in [-0.4, -0.2) is 21.8 Å². The molecule has 2 N–H and O–H groups in total. The minimum Gasteiger partial charge on any atom is -0.359 e. The molecule has 8 heteroatoms. The summed E-state index contributed by atoms with van der Waals surface area (Å²) >= 11 is 6.70. The van der Waals surface area contributed by atoms with Gasteiger partial charge in [-0.2, -0.15) is 0 Å². The molecule has 0 spiro atoms. The number of nitrogens with zero attached hydrogens (tertiary/aromatic N) is 2. The van der Waals surface area contributed by atoms with E-state index < -0.39 is 6.04 Å². The van der Waals surface area contributed by atoms with Crippen molar-refractivity contribution in [2.45, 2.75) is 19.1 Å². The summed E-state index contributed by atoms with van der Waals surface area (Å²) < 4.78 is 1.06. The highest BCUT2D eigenvalue weighted by Crippen LogP contribution is 2.44. The molecule has 5 nitrogen and oxygen atoms in total. The number of anilines is 1. The fourth-order valence-corrected chi connectivity index (χ4v) is 5.00. The standard InChI is InChI=1S/C16H15BrN4OS2/c1-2-23-16-19-15(22)13-9-5-3-4-6-10(9)18-14(21(13)20-16)11-7-8-12(17)24-11/h3-8,13-14,18H,2H2,1H3,(H,19,20,22). The summed E-state index contributed by atoms with van der Waals surface area (Å²) in [6.45, 7) is 2.04. The van der Waals surface area contributed by atoms with Crippen LogP contribution in [0.3, 0.4) is 0 Å². The second-order valence-electron chi connectivity index (χ2n) is 5.39. The average molecular weight is 423 g/mol. The van der Waals surface area contributed by atoms with Gasteiger partial charge in [0.25, 0.3) is 5.91 Å². The third-order valence-electron chi connectivity index (χ3n) is 3.91. The number of amidine groups is 1. The molecule has 2 atom stereocenters. The van der Waals surface area contributed by atoms with E-state index in [1.165, 1.54) is 11.8 Å². The molecular formula is C16H15BrN4OS2. The normalized spacial score (nSPS) is 22.2. The SMILES string of the molecule is CCSC1=NN2C(c3ccc(Br)s3)Nc3ccccc3C2C(=O)N1. The van der Waals surface area contributed by atoms with Crippen molar-refractivity contribution >= 4 is 55.8 Å². The Morgan fingerprint density at radius 1 is 1.33 bits per heavy atom. The van der Waals surface area contributed by atoms with Crippen molar-refractivity contribution in [2.75, 3.05) is 11.1 Å². The Bertz CT molecular complexity index is 822. The summed E-state index contributed by atoms with van der Waals surface area (Å²) in [6, 6.07) is 11.6. The number of hydrogen-bond acceptors (Lipinski definition) is 6. The lowest BCUT2D eigenvalue weighted by atomic mass is 9.99. The maximum atomic E-state index is 12.8. The van der Waals surface area contributed by atoms with E-state index in [0.29, 0.717) is 5.17 Å². The van der Waals surface area contributed by atoms with Gasteiger partial charge in [-0.05, 0) is 39.9 Å². The smallest absolute Gasteiger partial charge is 0.255 e. The van der Waals surface area contributed by atoms with E-state index in [9.17, 15) is 4.79 Å². The number of nitrogens with one attached hydrogen (secondary N) is 2. The molecule has 2 aliphatic rings. The molecule has 0 bridgehead atoms. The maximum absolute atomic E-state index is 12.8. The Labute approximate surface area is 156 Å². The molecule has 1 amide bonds. The molecule has 24 heavy (non-hydrogen) atoms. The zero-order valence-corrected chi connectivity index (χ0v) is 16.0. The third-order valence-corrected chi connectivity index (χ3v) is 6.33. The van der Waals surface area contributed by atoms with Crippen LogP contribution in [0.25, 0.3) is 0 Å². The third kappa shape index (κ3) is 2.72. The van der Waals surface area contributed by atoms with Gasteiger partial charge < -0.3 is 10.6 Å². The molecule has 1 aromatic carbocycles. The van der Waals surface area contributed by atoms with Gasteiger partial charge in [0.2, 0.25) is 0 Å². The van der Waals surface area contributed by atoms with Crippen LogP contribution in [0.5, 0.6) is 0 Å². The lowest BCUT2D eigenvalue weighted by molar-refractivity contribution is -0.127. The number of benzene rings is 1. The van der Waals surface area contributed by atoms with Crippen molar-refractivity contribution in [2.24, 2.45) is 5.10 Å². The first-order valence-electron chi connectivity index (χ1n) is 7.58. The first-order chi connectivity index (χ1) is 11.7. The topological polar surface area (TPSA) is 56.7 Å². The first-order valence-corrected chi connectivity index (χ1v) is 10.2. The predicted octanol–water partition coefficient (Wildman–Crippen LogP) is 4.13. The summed E-state index contributed by atoms with van der Waals surface area (Å²) in [6.07, 6.45) is -0.167. The summed E-state index contributed by atoms with van der Waals surface area (Å²) in [5.74, 6) is 0.826. The van der Waals surface area contributed by atoms with Crippen LogP contribution in [0, 0.1) is 0 Å². The molecule has 2 aromatic rings. The highest BCUT2D eigenvalue weighted by atomic mass is 79.9.